The van der Waals surface area contributed by atoms with Crippen molar-refractivity contribution in [1.29, 1.82) is 0 Å². The number of hydrogen-bond acceptors (Lipinski definition) is 3. The molecule has 0 aliphatic carbocycles. The molecular weight excluding hydrogens is 306 g/mol. The van der Waals surface area contributed by atoms with Gasteiger partial charge in [0.25, 0.3) is 0 Å². The second-order valence-electron chi connectivity index (χ2n) is 6.71. The van der Waals surface area contributed by atoms with Crippen LogP contribution in [0, 0.1) is 5.92 Å². The van der Waals surface area contributed by atoms with Gasteiger partial charge in [0.05, 0.1) is 5.56 Å². The molecule has 2 heterocycles. The van der Waals surface area contributed by atoms with Crippen LogP contribution in [0.25, 0.3) is 0 Å². The largest absolute Gasteiger partial charge is 0.478 e. The van der Waals surface area contributed by atoms with Crippen molar-refractivity contribution >= 4 is 11.9 Å². The SMILES string of the molecule is O=C(O)c1ccccc1CCC(=O)N1CCCC1C1CCOCC1. The molecule has 0 spiro atoms. The van der Waals surface area contributed by atoms with Crippen molar-refractivity contribution in [2.75, 3.05) is 19.8 Å². The molecule has 1 aromatic rings. The van der Waals surface area contributed by atoms with Gasteiger partial charge in [0.1, 0.15) is 0 Å². The Kier molecular flexibility index (Phi) is 5.51. The second kappa shape index (κ2) is 7.79. The Morgan fingerprint density at radius 2 is 1.92 bits per heavy atom. The molecule has 130 valence electrons. The van der Waals surface area contributed by atoms with Crippen LogP contribution in [0.15, 0.2) is 24.3 Å². The Morgan fingerprint density at radius 1 is 1.17 bits per heavy atom. The van der Waals surface area contributed by atoms with Gasteiger partial charge in [-0.05, 0) is 49.7 Å². The molecule has 2 saturated heterocycles. The van der Waals surface area contributed by atoms with Gasteiger partial charge in [-0.3, -0.25) is 4.79 Å². The molecule has 1 atom stereocenters. The highest BCUT2D eigenvalue weighted by Gasteiger charge is 2.35. The summed E-state index contributed by atoms with van der Waals surface area (Å²) in [5.74, 6) is -0.222. The third-order valence-electron chi connectivity index (χ3n) is 5.29. The second-order valence-corrected chi connectivity index (χ2v) is 6.71. The topological polar surface area (TPSA) is 66.8 Å². The monoisotopic (exact) mass is 331 g/mol. The molecule has 2 aliphatic rings. The maximum absolute atomic E-state index is 12.7. The van der Waals surface area contributed by atoms with E-state index in [1.165, 1.54) is 0 Å². The molecule has 24 heavy (non-hydrogen) atoms. The zero-order chi connectivity index (χ0) is 16.9. The van der Waals surface area contributed by atoms with Gasteiger partial charge >= 0.3 is 5.97 Å². The van der Waals surface area contributed by atoms with E-state index < -0.39 is 5.97 Å². The van der Waals surface area contributed by atoms with E-state index in [-0.39, 0.29) is 5.91 Å². The van der Waals surface area contributed by atoms with Gasteiger partial charge in [-0.2, -0.15) is 0 Å². The van der Waals surface area contributed by atoms with E-state index in [4.69, 9.17) is 4.74 Å². The molecule has 1 amide bonds. The number of ether oxygens (including phenoxy) is 1. The first kappa shape index (κ1) is 17.0. The van der Waals surface area contributed by atoms with Crippen molar-refractivity contribution in [3.05, 3.63) is 35.4 Å². The molecule has 0 aromatic heterocycles. The molecule has 5 heteroatoms. The van der Waals surface area contributed by atoms with E-state index in [2.05, 4.69) is 0 Å². The minimum Gasteiger partial charge on any atom is -0.478 e. The van der Waals surface area contributed by atoms with Crippen molar-refractivity contribution in [3.63, 3.8) is 0 Å². The fourth-order valence-corrected chi connectivity index (χ4v) is 4.03. The third-order valence-corrected chi connectivity index (χ3v) is 5.29. The van der Waals surface area contributed by atoms with E-state index in [9.17, 15) is 14.7 Å². The molecule has 1 aromatic carbocycles. The summed E-state index contributed by atoms with van der Waals surface area (Å²) in [5.41, 5.74) is 1.04. The van der Waals surface area contributed by atoms with Gasteiger partial charge in [0, 0.05) is 32.2 Å². The van der Waals surface area contributed by atoms with Crippen molar-refractivity contribution in [2.24, 2.45) is 5.92 Å². The molecule has 0 saturated carbocycles. The first-order valence-electron chi connectivity index (χ1n) is 8.85. The number of hydrogen-bond donors (Lipinski definition) is 1. The molecule has 5 nitrogen and oxygen atoms in total. The van der Waals surface area contributed by atoms with Crippen LogP contribution >= 0.6 is 0 Å². The maximum atomic E-state index is 12.7. The fourth-order valence-electron chi connectivity index (χ4n) is 4.03. The molecule has 2 fully saturated rings. The van der Waals surface area contributed by atoms with Crippen molar-refractivity contribution in [2.45, 2.75) is 44.6 Å². The number of rotatable bonds is 5. The number of likely N-dealkylation sites (tertiary alicyclic amines) is 1. The summed E-state index contributed by atoms with van der Waals surface area (Å²) in [4.78, 5) is 26.0. The standard InChI is InChI=1S/C19H25NO4/c21-18(8-7-14-4-1-2-5-16(14)19(22)23)20-11-3-6-17(20)15-9-12-24-13-10-15/h1-2,4-5,15,17H,3,6-13H2,(H,22,23). The summed E-state index contributed by atoms with van der Waals surface area (Å²) < 4.78 is 5.44. The fraction of sp³-hybridized carbons (Fsp3) is 0.579. The predicted molar refractivity (Wildman–Crippen MR) is 90.0 cm³/mol. The highest BCUT2D eigenvalue weighted by molar-refractivity contribution is 5.89. The summed E-state index contributed by atoms with van der Waals surface area (Å²) >= 11 is 0. The Hall–Kier alpha value is -1.88. The van der Waals surface area contributed by atoms with Gasteiger partial charge < -0.3 is 14.7 Å². The predicted octanol–water partition coefficient (Wildman–Crippen LogP) is 2.74. The van der Waals surface area contributed by atoms with Crippen LogP contribution in [-0.4, -0.2) is 47.7 Å². The molecule has 1 unspecified atom stereocenters. The zero-order valence-electron chi connectivity index (χ0n) is 13.9. The van der Waals surface area contributed by atoms with E-state index in [1.807, 2.05) is 11.0 Å². The molecule has 0 radical (unpaired) electrons. The van der Waals surface area contributed by atoms with Crippen LogP contribution in [0.2, 0.25) is 0 Å². The number of carbonyl (C=O) groups is 2. The lowest BCUT2D eigenvalue weighted by Crippen LogP contribution is -2.42. The number of carboxylic acid groups (broad SMARTS) is 1. The number of benzene rings is 1. The normalized spacial score (nSPS) is 21.8. The lowest BCUT2D eigenvalue weighted by atomic mass is 9.90. The van der Waals surface area contributed by atoms with Gasteiger partial charge in [-0.1, -0.05) is 18.2 Å². The molecule has 0 bridgehead atoms. The number of aromatic carboxylic acids is 1. The number of carboxylic acids is 1. The lowest BCUT2D eigenvalue weighted by Gasteiger charge is -2.34. The summed E-state index contributed by atoms with van der Waals surface area (Å²) in [6.07, 6.45) is 5.09. The van der Waals surface area contributed by atoms with E-state index in [1.54, 1.807) is 18.2 Å². The molecule has 1 N–H and O–H groups in total. The maximum Gasteiger partial charge on any atom is 0.335 e. The van der Waals surface area contributed by atoms with E-state index >= 15 is 0 Å². The van der Waals surface area contributed by atoms with Crippen LogP contribution in [0.1, 0.15) is 48.0 Å². The smallest absolute Gasteiger partial charge is 0.335 e. The molecule has 2 aliphatic heterocycles. The molecule has 3 rings (SSSR count). The first-order chi connectivity index (χ1) is 11.7. The summed E-state index contributed by atoms with van der Waals surface area (Å²) in [6, 6.07) is 7.29. The number of aryl methyl sites for hydroxylation is 1. The van der Waals surface area contributed by atoms with Crippen LogP contribution in [0.3, 0.4) is 0 Å². The highest BCUT2D eigenvalue weighted by Crippen LogP contribution is 2.31. The van der Waals surface area contributed by atoms with Crippen LogP contribution in [-0.2, 0) is 16.0 Å². The lowest BCUT2D eigenvalue weighted by molar-refractivity contribution is -0.133. The average Bonchev–Trinajstić information content (AvgIpc) is 3.10. The number of amides is 1. The van der Waals surface area contributed by atoms with E-state index in [0.29, 0.717) is 30.4 Å². The zero-order valence-corrected chi connectivity index (χ0v) is 13.9. The van der Waals surface area contributed by atoms with Crippen molar-refractivity contribution < 1.29 is 19.4 Å². The quantitative estimate of drug-likeness (QED) is 0.901. The molecular formula is C19H25NO4. The van der Waals surface area contributed by atoms with E-state index in [0.717, 1.165) is 51.0 Å². The van der Waals surface area contributed by atoms with Gasteiger partial charge in [0.15, 0.2) is 0 Å². The summed E-state index contributed by atoms with van der Waals surface area (Å²) in [7, 11) is 0. The van der Waals surface area contributed by atoms with Crippen LogP contribution in [0.5, 0.6) is 0 Å². The highest BCUT2D eigenvalue weighted by atomic mass is 16.5. The van der Waals surface area contributed by atoms with Crippen LogP contribution in [0.4, 0.5) is 0 Å². The van der Waals surface area contributed by atoms with Gasteiger partial charge in [-0.25, -0.2) is 4.79 Å². The summed E-state index contributed by atoms with van der Waals surface area (Å²) in [5, 5.41) is 9.25. The summed E-state index contributed by atoms with van der Waals surface area (Å²) in [6.45, 7) is 2.44. The Morgan fingerprint density at radius 3 is 2.67 bits per heavy atom. The van der Waals surface area contributed by atoms with Gasteiger partial charge in [-0.15, -0.1) is 0 Å². The Labute approximate surface area is 142 Å². The minimum absolute atomic E-state index is 0.157. The number of carbonyl (C=O) groups excluding carboxylic acids is 1. The Balaban J connectivity index is 1.61. The van der Waals surface area contributed by atoms with Gasteiger partial charge in [0.2, 0.25) is 5.91 Å². The minimum atomic E-state index is -0.931. The van der Waals surface area contributed by atoms with Crippen molar-refractivity contribution in [3.8, 4) is 0 Å². The number of nitrogens with zero attached hydrogens (tertiary/aromatic N) is 1. The average molecular weight is 331 g/mol. The first-order valence-corrected chi connectivity index (χ1v) is 8.85. The van der Waals surface area contributed by atoms with Crippen LogP contribution < -0.4 is 0 Å². The van der Waals surface area contributed by atoms with Crippen molar-refractivity contribution in [1.82, 2.24) is 4.90 Å². The third kappa shape index (κ3) is 3.78. The Bertz CT molecular complexity index is 595.